The predicted octanol–water partition coefficient (Wildman–Crippen LogP) is 3.41. The molecular formula is C17H17FO4S. The summed E-state index contributed by atoms with van der Waals surface area (Å²) in [7, 11) is 1.47. The fourth-order valence-corrected chi connectivity index (χ4v) is 2.61. The number of benzene rings is 2. The van der Waals surface area contributed by atoms with Gasteiger partial charge in [-0.3, -0.25) is 0 Å². The molecule has 122 valence electrons. The van der Waals surface area contributed by atoms with Crippen molar-refractivity contribution in [1.29, 1.82) is 0 Å². The van der Waals surface area contributed by atoms with Crippen LogP contribution in [0.4, 0.5) is 4.39 Å². The molecule has 0 radical (unpaired) electrons. The molecule has 23 heavy (non-hydrogen) atoms. The number of aliphatic hydroxyl groups excluding tert-OH is 1. The van der Waals surface area contributed by atoms with E-state index in [-0.39, 0.29) is 12.2 Å². The van der Waals surface area contributed by atoms with Gasteiger partial charge in [0.15, 0.2) is 11.5 Å². The Bertz CT molecular complexity index is 686. The van der Waals surface area contributed by atoms with Gasteiger partial charge in [-0.2, -0.15) is 11.8 Å². The Morgan fingerprint density at radius 3 is 2.52 bits per heavy atom. The Morgan fingerprint density at radius 2 is 1.96 bits per heavy atom. The average molecular weight is 336 g/mol. The minimum Gasteiger partial charge on any atom is -0.493 e. The zero-order chi connectivity index (χ0) is 16.8. The van der Waals surface area contributed by atoms with Crippen molar-refractivity contribution in [2.24, 2.45) is 0 Å². The van der Waals surface area contributed by atoms with Gasteiger partial charge in [0.25, 0.3) is 0 Å². The van der Waals surface area contributed by atoms with Gasteiger partial charge < -0.3 is 14.6 Å². The lowest BCUT2D eigenvalue weighted by molar-refractivity contribution is 0.0728. The van der Waals surface area contributed by atoms with Crippen LogP contribution in [0.3, 0.4) is 0 Å². The standard InChI is InChI=1S/C17H17FO4S/c1-21-15-8-11(9-19)7-13(10-23-2)16(15)22-17(20)12-3-5-14(18)6-4-12/h3-8,19H,9-10H2,1-2H3. The quantitative estimate of drug-likeness (QED) is 0.647. The normalized spacial score (nSPS) is 10.4. The number of aliphatic hydroxyl groups is 1. The Balaban J connectivity index is 2.36. The second kappa shape index (κ2) is 7.99. The molecule has 0 amide bonds. The van der Waals surface area contributed by atoms with Crippen LogP contribution in [-0.2, 0) is 12.4 Å². The van der Waals surface area contributed by atoms with Crippen LogP contribution in [0.1, 0.15) is 21.5 Å². The highest BCUT2D eigenvalue weighted by Gasteiger charge is 2.18. The van der Waals surface area contributed by atoms with E-state index in [1.165, 1.54) is 31.4 Å². The Morgan fingerprint density at radius 1 is 1.26 bits per heavy atom. The molecule has 2 aromatic carbocycles. The van der Waals surface area contributed by atoms with Crippen molar-refractivity contribution in [3.63, 3.8) is 0 Å². The molecule has 0 unspecified atom stereocenters. The maximum Gasteiger partial charge on any atom is 0.343 e. The highest BCUT2D eigenvalue weighted by molar-refractivity contribution is 7.97. The predicted molar refractivity (Wildman–Crippen MR) is 87.5 cm³/mol. The number of rotatable bonds is 6. The highest BCUT2D eigenvalue weighted by atomic mass is 32.2. The first-order valence-corrected chi connectivity index (χ1v) is 8.25. The SMILES string of the molecule is COc1cc(CO)cc(CSC)c1OC(=O)c1ccc(F)cc1. The van der Waals surface area contributed by atoms with Crippen LogP contribution in [-0.4, -0.2) is 24.4 Å². The number of esters is 1. The largest absolute Gasteiger partial charge is 0.493 e. The lowest BCUT2D eigenvalue weighted by atomic mass is 10.1. The minimum atomic E-state index is -0.595. The fourth-order valence-electron chi connectivity index (χ4n) is 2.08. The van der Waals surface area contributed by atoms with Crippen LogP contribution >= 0.6 is 11.8 Å². The van der Waals surface area contributed by atoms with E-state index in [1.807, 2.05) is 6.26 Å². The average Bonchev–Trinajstić information content (AvgIpc) is 2.56. The van der Waals surface area contributed by atoms with Crippen molar-refractivity contribution in [3.8, 4) is 11.5 Å². The molecule has 0 aliphatic carbocycles. The molecule has 0 fully saturated rings. The number of thioether (sulfide) groups is 1. The number of hydrogen-bond donors (Lipinski definition) is 1. The molecule has 0 aliphatic rings. The molecule has 2 aromatic rings. The number of methoxy groups -OCH3 is 1. The third-order valence-corrected chi connectivity index (χ3v) is 3.77. The molecule has 1 N–H and O–H groups in total. The first kappa shape index (κ1) is 17.3. The van der Waals surface area contributed by atoms with Gasteiger partial charge in [0.05, 0.1) is 19.3 Å². The second-order valence-corrected chi connectivity index (χ2v) is 5.64. The summed E-state index contributed by atoms with van der Waals surface area (Å²) in [5.41, 5.74) is 1.67. The monoisotopic (exact) mass is 336 g/mol. The van der Waals surface area contributed by atoms with E-state index >= 15 is 0 Å². The van der Waals surface area contributed by atoms with Gasteiger partial charge in [-0.15, -0.1) is 0 Å². The fraction of sp³-hybridized carbons (Fsp3) is 0.235. The van der Waals surface area contributed by atoms with Gasteiger partial charge >= 0.3 is 5.97 Å². The molecule has 2 rings (SSSR count). The summed E-state index contributed by atoms with van der Waals surface area (Å²) >= 11 is 1.55. The van der Waals surface area contributed by atoms with E-state index in [0.717, 1.165) is 5.56 Å². The van der Waals surface area contributed by atoms with Crippen LogP contribution in [0.15, 0.2) is 36.4 Å². The molecule has 4 nitrogen and oxygen atoms in total. The zero-order valence-corrected chi connectivity index (χ0v) is 13.7. The van der Waals surface area contributed by atoms with Gasteiger partial charge in [0.2, 0.25) is 0 Å². The van der Waals surface area contributed by atoms with Crippen molar-refractivity contribution in [2.75, 3.05) is 13.4 Å². The maximum atomic E-state index is 12.9. The topological polar surface area (TPSA) is 55.8 Å². The number of ether oxygens (including phenoxy) is 2. The lowest BCUT2D eigenvalue weighted by Gasteiger charge is -2.15. The third kappa shape index (κ3) is 4.24. The van der Waals surface area contributed by atoms with Crippen molar-refractivity contribution < 1.29 is 23.8 Å². The van der Waals surface area contributed by atoms with Crippen molar-refractivity contribution in [2.45, 2.75) is 12.4 Å². The molecule has 0 saturated carbocycles. The van der Waals surface area contributed by atoms with Crippen molar-refractivity contribution in [1.82, 2.24) is 0 Å². The Labute approximate surface area is 138 Å². The molecule has 0 spiro atoms. The summed E-state index contributed by atoms with van der Waals surface area (Å²) in [5, 5.41) is 9.32. The first-order valence-electron chi connectivity index (χ1n) is 6.86. The van der Waals surface area contributed by atoms with E-state index in [9.17, 15) is 14.3 Å². The summed E-state index contributed by atoms with van der Waals surface area (Å²) in [5.74, 6) is 0.261. The first-order chi connectivity index (χ1) is 11.1. The maximum absolute atomic E-state index is 12.9. The van der Waals surface area contributed by atoms with E-state index < -0.39 is 11.8 Å². The van der Waals surface area contributed by atoms with Crippen molar-refractivity contribution >= 4 is 17.7 Å². The molecule has 6 heteroatoms. The molecule has 0 aromatic heterocycles. The van der Waals surface area contributed by atoms with Gasteiger partial charge in [-0.05, 0) is 48.2 Å². The van der Waals surface area contributed by atoms with E-state index in [4.69, 9.17) is 9.47 Å². The molecule has 0 saturated heterocycles. The van der Waals surface area contributed by atoms with Crippen LogP contribution in [0.5, 0.6) is 11.5 Å². The van der Waals surface area contributed by atoms with Gasteiger partial charge in [-0.1, -0.05) is 0 Å². The van der Waals surface area contributed by atoms with E-state index in [1.54, 1.807) is 23.9 Å². The smallest absolute Gasteiger partial charge is 0.343 e. The Hall–Kier alpha value is -2.05. The molecule has 0 heterocycles. The minimum absolute atomic E-state index is 0.135. The summed E-state index contributed by atoms with van der Waals surface area (Å²) in [6.45, 7) is -0.135. The zero-order valence-electron chi connectivity index (χ0n) is 12.8. The van der Waals surface area contributed by atoms with Crippen LogP contribution in [0.2, 0.25) is 0 Å². The second-order valence-electron chi connectivity index (χ2n) is 4.77. The number of carbonyl (C=O) groups excluding carboxylic acids is 1. The number of hydrogen-bond acceptors (Lipinski definition) is 5. The van der Waals surface area contributed by atoms with E-state index in [2.05, 4.69) is 0 Å². The molecule has 0 atom stereocenters. The lowest BCUT2D eigenvalue weighted by Crippen LogP contribution is -2.11. The Kier molecular flexibility index (Phi) is 6.01. The highest BCUT2D eigenvalue weighted by Crippen LogP contribution is 2.35. The molecular weight excluding hydrogens is 319 g/mol. The molecule has 0 aliphatic heterocycles. The molecule has 0 bridgehead atoms. The van der Waals surface area contributed by atoms with Crippen LogP contribution < -0.4 is 9.47 Å². The van der Waals surface area contributed by atoms with Crippen LogP contribution in [0, 0.1) is 5.82 Å². The van der Waals surface area contributed by atoms with E-state index in [0.29, 0.717) is 22.8 Å². The summed E-state index contributed by atoms with van der Waals surface area (Å²) < 4.78 is 23.7. The van der Waals surface area contributed by atoms with Crippen LogP contribution in [0.25, 0.3) is 0 Å². The van der Waals surface area contributed by atoms with Crippen molar-refractivity contribution in [3.05, 3.63) is 58.9 Å². The van der Waals surface area contributed by atoms with Gasteiger partial charge in [0.1, 0.15) is 5.82 Å². The van der Waals surface area contributed by atoms with Gasteiger partial charge in [0, 0.05) is 11.3 Å². The summed E-state index contributed by atoms with van der Waals surface area (Å²) in [6, 6.07) is 8.52. The number of halogens is 1. The number of carbonyl (C=O) groups is 1. The van der Waals surface area contributed by atoms with Gasteiger partial charge in [-0.25, -0.2) is 9.18 Å². The summed E-state index contributed by atoms with van der Waals surface area (Å²) in [4.78, 5) is 12.2. The third-order valence-electron chi connectivity index (χ3n) is 3.17. The summed E-state index contributed by atoms with van der Waals surface area (Å²) in [6.07, 6.45) is 1.92.